The molecule has 0 bridgehead atoms. The van der Waals surface area contributed by atoms with Crippen molar-refractivity contribution in [3.63, 3.8) is 0 Å². The lowest BCUT2D eigenvalue weighted by Gasteiger charge is -2.10. The summed E-state index contributed by atoms with van der Waals surface area (Å²) >= 11 is 0. The van der Waals surface area contributed by atoms with Gasteiger partial charge in [-0.15, -0.1) is 0 Å². The topological polar surface area (TPSA) is 130 Å². The van der Waals surface area contributed by atoms with E-state index >= 15 is 0 Å². The summed E-state index contributed by atoms with van der Waals surface area (Å²) in [6.07, 6.45) is 0. The Morgan fingerprint density at radius 2 is 1.74 bits per heavy atom. The maximum atomic E-state index is 12.8. The monoisotopic (exact) mass is 394 g/mol. The van der Waals surface area contributed by atoms with E-state index in [0.717, 1.165) is 0 Å². The average molecular weight is 394 g/mol. The molecule has 0 aromatic heterocycles. The summed E-state index contributed by atoms with van der Waals surface area (Å²) in [7, 11) is -3.91. The number of urea groups is 1. The van der Waals surface area contributed by atoms with Crippen molar-refractivity contribution in [1.82, 2.24) is 10.6 Å². The number of rotatable bonds is 6. The highest BCUT2D eigenvalue weighted by Gasteiger charge is 2.13. The SMILES string of the molecule is Cc1ccc(NC(=O)CNC(=O)NCc2ccc(F)cc2)cc1S(N)(=O)=O. The summed E-state index contributed by atoms with van der Waals surface area (Å²) in [6, 6.07) is 9.32. The molecule has 0 saturated carbocycles. The second kappa shape index (κ2) is 8.60. The van der Waals surface area contributed by atoms with Crippen LogP contribution in [0.3, 0.4) is 0 Å². The fraction of sp³-hybridized carbons (Fsp3) is 0.176. The first kappa shape index (κ1) is 20.3. The summed E-state index contributed by atoms with van der Waals surface area (Å²) in [5, 5.41) is 12.5. The Balaban J connectivity index is 1.83. The molecule has 2 aromatic carbocycles. The van der Waals surface area contributed by atoms with Gasteiger partial charge in [0, 0.05) is 12.2 Å². The van der Waals surface area contributed by atoms with Gasteiger partial charge in [-0.1, -0.05) is 18.2 Å². The molecular formula is C17H19FN4O4S. The molecule has 3 amide bonds. The molecule has 2 aromatic rings. The summed E-state index contributed by atoms with van der Waals surface area (Å²) in [4.78, 5) is 23.5. The van der Waals surface area contributed by atoms with Crippen LogP contribution < -0.4 is 21.1 Å². The van der Waals surface area contributed by atoms with Gasteiger partial charge in [-0.05, 0) is 42.3 Å². The fourth-order valence-corrected chi connectivity index (χ4v) is 3.01. The van der Waals surface area contributed by atoms with Crippen LogP contribution in [0.25, 0.3) is 0 Å². The first-order valence-corrected chi connectivity index (χ1v) is 9.39. The summed E-state index contributed by atoms with van der Waals surface area (Å²) < 4.78 is 35.8. The maximum absolute atomic E-state index is 12.8. The van der Waals surface area contributed by atoms with E-state index < -0.39 is 22.0 Å². The molecule has 0 unspecified atom stereocenters. The third-order valence-electron chi connectivity index (χ3n) is 3.55. The third kappa shape index (κ3) is 6.35. The first-order valence-electron chi connectivity index (χ1n) is 7.84. The van der Waals surface area contributed by atoms with Crippen molar-refractivity contribution < 1.29 is 22.4 Å². The van der Waals surface area contributed by atoms with E-state index in [2.05, 4.69) is 16.0 Å². The quantitative estimate of drug-likeness (QED) is 0.587. The molecule has 0 aliphatic carbocycles. The normalized spacial score (nSPS) is 10.9. The minimum atomic E-state index is -3.91. The molecule has 0 radical (unpaired) electrons. The van der Waals surface area contributed by atoms with Crippen molar-refractivity contribution in [3.8, 4) is 0 Å². The van der Waals surface area contributed by atoms with Gasteiger partial charge < -0.3 is 16.0 Å². The molecule has 0 aliphatic rings. The number of nitrogens with one attached hydrogen (secondary N) is 3. The van der Waals surface area contributed by atoms with Gasteiger partial charge in [0.05, 0.1) is 11.4 Å². The smallest absolute Gasteiger partial charge is 0.315 e. The van der Waals surface area contributed by atoms with E-state index in [1.54, 1.807) is 6.92 Å². The van der Waals surface area contributed by atoms with Gasteiger partial charge >= 0.3 is 6.03 Å². The molecular weight excluding hydrogens is 375 g/mol. The molecule has 5 N–H and O–H groups in total. The van der Waals surface area contributed by atoms with E-state index in [1.165, 1.54) is 42.5 Å². The number of primary sulfonamides is 1. The van der Waals surface area contributed by atoms with Crippen molar-refractivity contribution in [3.05, 3.63) is 59.4 Å². The van der Waals surface area contributed by atoms with Crippen LogP contribution in [0.2, 0.25) is 0 Å². The van der Waals surface area contributed by atoms with Gasteiger partial charge in [0.1, 0.15) is 5.82 Å². The lowest BCUT2D eigenvalue weighted by Crippen LogP contribution is -2.39. The van der Waals surface area contributed by atoms with Crippen LogP contribution in [0.1, 0.15) is 11.1 Å². The highest BCUT2D eigenvalue weighted by molar-refractivity contribution is 7.89. The highest BCUT2D eigenvalue weighted by atomic mass is 32.2. The van der Waals surface area contributed by atoms with Crippen LogP contribution in [0, 0.1) is 12.7 Å². The number of benzene rings is 2. The molecule has 0 heterocycles. The van der Waals surface area contributed by atoms with Gasteiger partial charge in [0.25, 0.3) is 0 Å². The summed E-state index contributed by atoms with van der Waals surface area (Å²) in [5.74, 6) is -0.919. The van der Waals surface area contributed by atoms with Crippen molar-refractivity contribution in [1.29, 1.82) is 0 Å². The number of carbonyl (C=O) groups excluding carboxylic acids is 2. The molecule has 0 saturated heterocycles. The number of nitrogens with two attached hydrogens (primary N) is 1. The Kier molecular flexibility index (Phi) is 6.48. The number of carbonyl (C=O) groups is 2. The van der Waals surface area contributed by atoms with Crippen molar-refractivity contribution in [2.45, 2.75) is 18.4 Å². The largest absolute Gasteiger partial charge is 0.334 e. The van der Waals surface area contributed by atoms with Crippen molar-refractivity contribution in [2.75, 3.05) is 11.9 Å². The molecule has 27 heavy (non-hydrogen) atoms. The van der Waals surface area contributed by atoms with Crippen LogP contribution >= 0.6 is 0 Å². The Bertz CT molecular complexity index is 946. The van der Waals surface area contributed by atoms with Gasteiger partial charge in [-0.25, -0.2) is 22.7 Å². The summed E-state index contributed by atoms with van der Waals surface area (Å²) in [5.41, 5.74) is 1.39. The maximum Gasteiger partial charge on any atom is 0.315 e. The molecule has 0 aliphatic heterocycles. The van der Waals surface area contributed by atoms with Gasteiger partial charge in [0.15, 0.2) is 0 Å². The zero-order valence-electron chi connectivity index (χ0n) is 14.5. The highest BCUT2D eigenvalue weighted by Crippen LogP contribution is 2.18. The van der Waals surface area contributed by atoms with E-state index in [0.29, 0.717) is 11.1 Å². The van der Waals surface area contributed by atoms with Crippen molar-refractivity contribution in [2.24, 2.45) is 5.14 Å². The molecule has 144 valence electrons. The number of hydrogen-bond donors (Lipinski definition) is 4. The lowest BCUT2D eigenvalue weighted by atomic mass is 10.2. The van der Waals surface area contributed by atoms with Crippen LogP contribution in [0.15, 0.2) is 47.4 Å². The Hall–Kier alpha value is -2.98. The Morgan fingerprint density at radius 1 is 1.07 bits per heavy atom. The number of aryl methyl sites for hydroxylation is 1. The molecule has 0 spiro atoms. The number of halogens is 1. The second-order valence-electron chi connectivity index (χ2n) is 5.74. The predicted molar refractivity (Wildman–Crippen MR) is 97.8 cm³/mol. The second-order valence-corrected chi connectivity index (χ2v) is 7.27. The zero-order chi connectivity index (χ0) is 20.0. The Morgan fingerprint density at radius 3 is 2.37 bits per heavy atom. The molecule has 0 fully saturated rings. The van der Waals surface area contributed by atoms with Crippen LogP contribution in [-0.4, -0.2) is 26.9 Å². The molecule has 0 atom stereocenters. The molecule has 2 rings (SSSR count). The molecule has 10 heteroatoms. The number of anilines is 1. The average Bonchev–Trinajstić information content (AvgIpc) is 2.60. The number of amides is 3. The predicted octanol–water partition coefficient (Wildman–Crippen LogP) is 1.22. The van der Waals surface area contributed by atoms with E-state index in [1.807, 2.05) is 0 Å². The van der Waals surface area contributed by atoms with Crippen LogP contribution in [0.4, 0.5) is 14.9 Å². The van der Waals surface area contributed by atoms with E-state index in [9.17, 15) is 22.4 Å². The van der Waals surface area contributed by atoms with Crippen LogP contribution in [0.5, 0.6) is 0 Å². The standard InChI is InChI=1S/C17H19FN4O4S/c1-11-2-7-14(8-15(11)27(19,25)26)22-16(23)10-21-17(24)20-9-12-3-5-13(18)6-4-12/h2-8H,9-10H2,1H3,(H,22,23)(H2,19,25,26)(H2,20,21,24). The van der Waals surface area contributed by atoms with Gasteiger partial charge in [-0.2, -0.15) is 0 Å². The minimum Gasteiger partial charge on any atom is -0.334 e. The van der Waals surface area contributed by atoms with Gasteiger partial charge in [-0.3, -0.25) is 4.79 Å². The summed E-state index contributed by atoms with van der Waals surface area (Å²) in [6.45, 7) is 1.43. The van der Waals surface area contributed by atoms with Crippen molar-refractivity contribution >= 4 is 27.6 Å². The zero-order valence-corrected chi connectivity index (χ0v) is 15.3. The molecule has 8 nitrogen and oxygen atoms in total. The van der Waals surface area contributed by atoms with Crippen LogP contribution in [-0.2, 0) is 21.4 Å². The number of hydrogen-bond acceptors (Lipinski definition) is 4. The Labute approximate surface area is 156 Å². The van der Waals surface area contributed by atoms with E-state index in [4.69, 9.17) is 5.14 Å². The lowest BCUT2D eigenvalue weighted by molar-refractivity contribution is -0.115. The minimum absolute atomic E-state index is 0.0923. The first-order chi connectivity index (χ1) is 12.6. The third-order valence-corrected chi connectivity index (χ3v) is 4.61. The van der Waals surface area contributed by atoms with E-state index in [-0.39, 0.29) is 29.5 Å². The number of sulfonamides is 1. The van der Waals surface area contributed by atoms with Gasteiger partial charge in [0.2, 0.25) is 15.9 Å². The fourth-order valence-electron chi connectivity index (χ4n) is 2.20.